The fourth-order valence-electron chi connectivity index (χ4n) is 3.16. The Morgan fingerprint density at radius 2 is 1.63 bits per heavy atom. The molecule has 0 aliphatic heterocycles. The lowest BCUT2D eigenvalue weighted by molar-refractivity contribution is -0.115. The summed E-state index contributed by atoms with van der Waals surface area (Å²) in [5, 5.41) is 44.3. The van der Waals surface area contributed by atoms with E-state index < -0.39 is 5.25 Å². The van der Waals surface area contributed by atoms with Crippen LogP contribution < -0.4 is 15.9 Å². The van der Waals surface area contributed by atoms with Crippen LogP contribution in [0, 0.1) is 22.7 Å². The number of hydrogen-bond acceptors (Lipinski definition) is 9. The number of thioether (sulfide) groups is 1. The van der Waals surface area contributed by atoms with E-state index in [1.54, 1.807) is 56.4 Å². The van der Waals surface area contributed by atoms with Crippen molar-refractivity contribution in [3.63, 3.8) is 0 Å². The van der Waals surface area contributed by atoms with Crippen molar-refractivity contribution in [2.24, 2.45) is 0 Å². The maximum atomic E-state index is 12.7. The first-order chi connectivity index (χ1) is 16.9. The average molecular weight is 491 g/mol. The number of pyridine rings is 1. The molecule has 1 amide bonds. The first kappa shape index (κ1) is 27.2. The van der Waals surface area contributed by atoms with Crippen LogP contribution in [0.25, 0.3) is 11.1 Å². The number of carbonyl (C=O) groups excluding carboxylic acids is 1. The zero-order chi connectivity index (χ0) is 26.0. The third kappa shape index (κ3) is 6.28. The molecule has 0 bridgehead atoms. The minimum atomic E-state index is -0.627. The molecule has 4 N–H and O–H groups in total. The van der Waals surface area contributed by atoms with E-state index in [-0.39, 0.29) is 49.9 Å². The number of amides is 1. The number of aromatic nitrogens is 1. The highest BCUT2D eigenvalue weighted by molar-refractivity contribution is 8.00. The molecule has 0 spiro atoms. The van der Waals surface area contributed by atoms with Gasteiger partial charge in [-0.2, -0.15) is 10.5 Å². The van der Waals surface area contributed by atoms with Crippen LogP contribution in [0.5, 0.6) is 0 Å². The molecule has 1 aromatic heterocycles. The molecule has 3 aromatic rings. The minimum Gasteiger partial charge on any atom is -0.372 e. The van der Waals surface area contributed by atoms with Gasteiger partial charge in [0.25, 0.3) is 0 Å². The topological polar surface area (TPSA) is 145 Å². The summed E-state index contributed by atoms with van der Waals surface area (Å²) >= 11 is 1.06. The summed E-state index contributed by atoms with van der Waals surface area (Å²) in [4.78, 5) is 17.1. The molecule has 0 fully saturated rings. The van der Waals surface area contributed by atoms with Gasteiger partial charge in [0.1, 0.15) is 34.2 Å². The van der Waals surface area contributed by atoms with Gasteiger partial charge in [-0.05, 0) is 25.1 Å². The van der Waals surface area contributed by atoms with Gasteiger partial charge in [0.15, 0.2) is 0 Å². The summed E-state index contributed by atoms with van der Waals surface area (Å²) in [6, 6.07) is 19.3. The van der Waals surface area contributed by atoms with Gasteiger partial charge in [-0.25, -0.2) is 4.98 Å². The first-order valence-corrected chi connectivity index (χ1v) is 11.6. The Morgan fingerprint density at radius 3 is 2.20 bits per heavy atom. The first-order valence-electron chi connectivity index (χ1n) is 10.8. The zero-order valence-electron chi connectivity index (χ0n) is 19.8. The normalized spacial score (nSPS) is 10.6. The number of nitriles is 2. The lowest BCUT2D eigenvalue weighted by atomic mass is 9.95. The zero-order valence-corrected chi connectivity index (χ0v) is 20.6. The maximum absolute atomic E-state index is 12.7. The number of anilines is 3. The standard InChI is InChI=1S/C23H20N6O3S.C2H6/c1-14(22(30)27-15-8-4-3-5-9-15)33-23-18(13-25)20(17(12-24)21(26-2)28-23)16-10-6-7-11-19(16)29(31)32;1-2/h3-11,14,31-32H,1-2H3,(H,26,28)(H,27,30);1-2H3. The third-order valence-corrected chi connectivity index (χ3v) is 5.80. The Balaban J connectivity index is 0.00000210. The SMILES string of the molecule is CC.CNc1nc(SC(C)C(=O)Nc2ccccc2)c(C#N)c(-c2ccccc2N(O)O)c1C#N. The number of nitrogens with one attached hydrogen (secondary N) is 2. The summed E-state index contributed by atoms with van der Waals surface area (Å²) in [5.74, 6) is -0.0898. The monoisotopic (exact) mass is 490 g/mol. The van der Waals surface area contributed by atoms with Gasteiger partial charge >= 0.3 is 0 Å². The van der Waals surface area contributed by atoms with E-state index in [0.29, 0.717) is 5.69 Å². The Morgan fingerprint density at radius 1 is 1.03 bits per heavy atom. The lowest BCUT2D eigenvalue weighted by Crippen LogP contribution is -2.22. The average Bonchev–Trinajstić information content (AvgIpc) is 2.89. The van der Waals surface area contributed by atoms with Crippen LogP contribution in [-0.4, -0.2) is 33.6 Å². The second-order valence-electron chi connectivity index (χ2n) is 6.79. The number of carbonyl (C=O) groups is 1. The highest BCUT2D eigenvalue weighted by atomic mass is 32.2. The molecular formula is C25H26N6O3S. The predicted molar refractivity (Wildman–Crippen MR) is 136 cm³/mol. The number of para-hydroxylation sites is 2. The largest absolute Gasteiger partial charge is 0.372 e. The number of nitrogens with zero attached hydrogens (tertiary/aromatic N) is 4. The summed E-state index contributed by atoms with van der Waals surface area (Å²) in [7, 11) is 1.58. The van der Waals surface area contributed by atoms with Gasteiger partial charge < -0.3 is 10.6 Å². The Hall–Kier alpha value is -4.09. The van der Waals surface area contributed by atoms with E-state index in [0.717, 1.165) is 11.8 Å². The second kappa shape index (κ2) is 13.0. The van der Waals surface area contributed by atoms with Gasteiger partial charge in [-0.15, -0.1) is 5.23 Å². The molecule has 0 radical (unpaired) electrons. The van der Waals surface area contributed by atoms with E-state index in [4.69, 9.17) is 0 Å². The Bertz CT molecular complexity index is 1250. The Kier molecular flexibility index (Phi) is 10.1. The van der Waals surface area contributed by atoms with Gasteiger partial charge in [0.2, 0.25) is 5.91 Å². The van der Waals surface area contributed by atoms with Crippen molar-refractivity contribution in [1.82, 2.24) is 4.98 Å². The van der Waals surface area contributed by atoms with Crippen LogP contribution in [0.1, 0.15) is 31.9 Å². The van der Waals surface area contributed by atoms with Gasteiger partial charge in [0, 0.05) is 23.9 Å². The van der Waals surface area contributed by atoms with Crippen molar-refractivity contribution in [3.8, 4) is 23.3 Å². The summed E-state index contributed by atoms with van der Waals surface area (Å²) in [5.41, 5.74) is 1.15. The molecule has 10 heteroatoms. The van der Waals surface area contributed by atoms with Crippen LogP contribution in [0.15, 0.2) is 59.6 Å². The molecule has 1 atom stereocenters. The van der Waals surface area contributed by atoms with E-state index in [9.17, 15) is 25.7 Å². The molecule has 0 saturated carbocycles. The second-order valence-corrected chi connectivity index (χ2v) is 8.12. The van der Waals surface area contributed by atoms with Crippen LogP contribution in [0.3, 0.4) is 0 Å². The third-order valence-electron chi connectivity index (χ3n) is 4.71. The Labute approximate surface area is 208 Å². The van der Waals surface area contributed by atoms with E-state index >= 15 is 0 Å². The molecule has 9 nitrogen and oxygen atoms in total. The minimum absolute atomic E-state index is 0.0235. The number of rotatable bonds is 7. The number of benzene rings is 2. The molecule has 1 unspecified atom stereocenters. The van der Waals surface area contributed by atoms with Crippen molar-refractivity contribution >= 4 is 34.9 Å². The van der Waals surface area contributed by atoms with Crippen LogP contribution in [-0.2, 0) is 4.79 Å². The molecule has 2 aromatic carbocycles. The summed E-state index contributed by atoms with van der Waals surface area (Å²) in [6.45, 7) is 5.68. The quantitative estimate of drug-likeness (QED) is 0.257. The molecule has 1 heterocycles. The fraction of sp³-hybridized carbons (Fsp3) is 0.200. The van der Waals surface area contributed by atoms with E-state index in [1.807, 2.05) is 26.0 Å². The van der Waals surface area contributed by atoms with Gasteiger partial charge in [0.05, 0.1) is 10.8 Å². The molecule has 3 rings (SSSR count). The molecule has 0 saturated heterocycles. The van der Waals surface area contributed by atoms with E-state index in [1.165, 1.54) is 6.07 Å². The summed E-state index contributed by atoms with van der Waals surface area (Å²) in [6.07, 6.45) is 0. The smallest absolute Gasteiger partial charge is 0.237 e. The molecule has 35 heavy (non-hydrogen) atoms. The van der Waals surface area contributed by atoms with Crippen molar-refractivity contribution < 1.29 is 15.2 Å². The van der Waals surface area contributed by atoms with Crippen molar-refractivity contribution in [2.45, 2.75) is 31.0 Å². The van der Waals surface area contributed by atoms with Crippen molar-refractivity contribution in [1.29, 1.82) is 10.5 Å². The van der Waals surface area contributed by atoms with Crippen LogP contribution >= 0.6 is 11.8 Å². The van der Waals surface area contributed by atoms with Crippen LogP contribution in [0.4, 0.5) is 17.2 Å². The van der Waals surface area contributed by atoms with Gasteiger partial charge in [-0.1, -0.05) is 62.0 Å². The maximum Gasteiger partial charge on any atom is 0.237 e. The van der Waals surface area contributed by atoms with Crippen molar-refractivity contribution in [3.05, 3.63) is 65.7 Å². The fourth-order valence-corrected chi connectivity index (χ4v) is 4.07. The van der Waals surface area contributed by atoms with E-state index in [2.05, 4.69) is 21.7 Å². The lowest BCUT2D eigenvalue weighted by Gasteiger charge is -2.19. The van der Waals surface area contributed by atoms with Gasteiger partial charge in [-0.3, -0.25) is 15.2 Å². The summed E-state index contributed by atoms with van der Waals surface area (Å²) < 4.78 is 0. The predicted octanol–water partition coefficient (Wildman–Crippen LogP) is 5.26. The number of hydrogen-bond donors (Lipinski definition) is 4. The van der Waals surface area contributed by atoms with Crippen molar-refractivity contribution in [2.75, 3.05) is 22.9 Å². The molecule has 0 aliphatic rings. The van der Waals surface area contributed by atoms with Crippen LogP contribution in [0.2, 0.25) is 0 Å². The molecular weight excluding hydrogens is 464 g/mol. The molecule has 0 aliphatic carbocycles. The highest BCUT2D eigenvalue weighted by Crippen LogP contribution is 2.41. The molecule has 180 valence electrons. The highest BCUT2D eigenvalue weighted by Gasteiger charge is 2.26.